The highest BCUT2D eigenvalue weighted by atomic mass is 16.5. The fourth-order valence-electron chi connectivity index (χ4n) is 2.32. The minimum atomic E-state index is -0.170. The first-order valence-electron chi connectivity index (χ1n) is 7.12. The molecule has 1 aliphatic rings. The molecule has 2 rings (SSSR count). The Morgan fingerprint density at radius 3 is 3.19 bits per heavy atom. The van der Waals surface area contributed by atoms with Crippen LogP contribution in [-0.4, -0.2) is 57.5 Å². The van der Waals surface area contributed by atoms with Gasteiger partial charge in [0, 0.05) is 19.2 Å². The standard InChI is InChI=1S/C14H21N5O2/c1-3-6-18(9-13-5-4-7-21-13)14(20)17-12(2)8-19-11-15-10-16-19/h1,10-13H,4-9H2,2H3,(H,17,20). The largest absolute Gasteiger partial charge is 0.376 e. The minimum absolute atomic E-state index is 0.0658. The van der Waals surface area contributed by atoms with Gasteiger partial charge in [0.15, 0.2) is 0 Å². The number of urea groups is 1. The second-order valence-electron chi connectivity index (χ2n) is 5.19. The van der Waals surface area contributed by atoms with Crippen LogP contribution in [0.15, 0.2) is 12.7 Å². The summed E-state index contributed by atoms with van der Waals surface area (Å²) in [6.45, 7) is 4.06. The molecule has 0 radical (unpaired) electrons. The summed E-state index contributed by atoms with van der Waals surface area (Å²) in [7, 11) is 0. The van der Waals surface area contributed by atoms with Crippen molar-refractivity contribution >= 4 is 6.03 Å². The zero-order chi connectivity index (χ0) is 15.1. The number of nitrogens with one attached hydrogen (secondary N) is 1. The summed E-state index contributed by atoms with van der Waals surface area (Å²) < 4.78 is 7.23. The lowest BCUT2D eigenvalue weighted by atomic mass is 10.2. The number of amides is 2. The van der Waals surface area contributed by atoms with Crippen molar-refractivity contribution < 1.29 is 9.53 Å². The lowest BCUT2D eigenvalue weighted by Gasteiger charge is -2.25. The zero-order valence-corrected chi connectivity index (χ0v) is 12.2. The molecule has 2 unspecified atom stereocenters. The van der Waals surface area contributed by atoms with Crippen molar-refractivity contribution in [2.45, 2.75) is 38.5 Å². The maximum Gasteiger partial charge on any atom is 0.318 e. The van der Waals surface area contributed by atoms with Gasteiger partial charge in [0.05, 0.1) is 19.2 Å². The number of carbonyl (C=O) groups is 1. The van der Waals surface area contributed by atoms with Crippen LogP contribution >= 0.6 is 0 Å². The Kier molecular flexibility index (Phi) is 5.58. The molecule has 1 fully saturated rings. The van der Waals surface area contributed by atoms with Crippen LogP contribution in [0.2, 0.25) is 0 Å². The van der Waals surface area contributed by atoms with Crippen LogP contribution in [0.3, 0.4) is 0 Å². The third kappa shape index (κ3) is 4.76. The van der Waals surface area contributed by atoms with Crippen LogP contribution in [-0.2, 0) is 11.3 Å². The first-order valence-corrected chi connectivity index (χ1v) is 7.12. The maximum atomic E-state index is 12.3. The van der Waals surface area contributed by atoms with Crippen molar-refractivity contribution in [1.29, 1.82) is 0 Å². The summed E-state index contributed by atoms with van der Waals surface area (Å²) in [5.74, 6) is 2.52. The molecule has 1 saturated heterocycles. The van der Waals surface area contributed by atoms with Gasteiger partial charge in [0.2, 0.25) is 0 Å². The number of nitrogens with zero attached hydrogens (tertiary/aromatic N) is 4. The average molecular weight is 291 g/mol. The molecule has 0 saturated carbocycles. The van der Waals surface area contributed by atoms with Crippen molar-refractivity contribution in [3.8, 4) is 12.3 Å². The molecule has 2 amide bonds. The van der Waals surface area contributed by atoms with Crippen LogP contribution in [0.5, 0.6) is 0 Å². The van der Waals surface area contributed by atoms with Gasteiger partial charge in [-0.2, -0.15) is 5.10 Å². The first-order chi connectivity index (χ1) is 10.2. The quantitative estimate of drug-likeness (QED) is 0.774. The molecule has 7 nitrogen and oxygen atoms in total. The van der Waals surface area contributed by atoms with Crippen LogP contribution < -0.4 is 5.32 Å². The molecule has 0 spiro atoms. The van der Waals surface area contributed by atoms with Gasteiger partial charge in [-0.1, -0.05) is 5.92 Å². The predicted octanol–water partition coefficient (Wildman–Crippen LogP) is 0.490. The Labute approximate surface area is 124 Å². The van der Waals surface area contributed by atoms with Gasteiger partial charge in [-0.15, -0.1) is 6.42 Å². The van der Waals surface area contributed by atoms with E-state index in [2.05, 4.69) is 21.3 Å². The maximum absolute atomic E-state index is 12.3. The third-order valence-corrected chi connectivity index (χ3v) is 3.31. The van der Waals surface area contributed by atoms with Crippen molar-refractivity contribution in [2.75, 3.05) is 19.7 Å². The first kappa shape index (κ1) is 15.3. The van der Waals surface area contributed by atoms with Crippen LogP contribution in [0, 0.1) is 12.3 Å². The molecular weight excluding hydrogens is 270 g/mol. The summed E-state index contributed by atoms with van der Waals surface area (Å²) in [5.41, 5.74) is 0. The highest BCUT2D eigenvalue weighted by Crippen LogP contribution is 2.13. The molecule has 0 aliphatic carbocycles. The van der Waals surface area contributed by atoms with E-state index < -0.39 is 0 Å². The number of ether oxygens (including phenoxy) is 1. The smallest absolute Gasteiger partial charge is 0.318 e. The van der Waals surface area contributed by atoms with E-state index in [0.717, 1.165) is 19.4 Å². The monoisotopic (exact) mass is 291 g/mol. The molecule has 114 valence electrons. The normalized spacial score (nSPS) is 19.0. The van der Waals surface area contributed by atoms with Crippen LogP contribution in [0.25, 0.3) is 0 Å². The molecule has 2 atom stereocenters. The van der Waals surface area contributed by atoms with E-state index in [-0.39, 0.29) is 24.7 Å². The predicted molar refractivity (Wildman–Crippen MR) is 77.4 cm³/mol. The summed E-state index contributed by atoms with van der Waals surface area (Å²) in [6, 6.07) is -0.236. The SMILES string of the molecule is C#CCN(CC1CCCO1)C(=O)NC(C)Cn1cncn1. The number of aromatic nitrogens is 3. The van der Waals surface area contributed by atoms with Crippen molar-refractivity contribution in [1.82, 2.24) is 25.0 Å². The topological polar surface area (TPSA) is 72.3 Å². The van der Waals surface area contributed by atoms with E-state index in [9.17, 15) is 4.79 Å². The Morgan fingerprint density at radius 2 is 2.57 bits per heavy atom. The number of hydrogen-bond donors (Lipinski definition) is 1. The fraction of sp³-hybridized carbons (Fsp3) is 0.643. The van der Waals surface area contributed by atoms with Gasteiger partial charge in [-0.05, 0) is 19.8 Å². The van der Waals surface area contributed by atoms with E-state index in [4.69, 9.17) is 11.2 Å². The molecular formula is C14H21N5O2. The Morgan fingerprint density at radius 1 is 1.71 bits per heavy atom. The molecule has 0 aromatic carbocycles. The van der Waals surface area contributed by atoms with E-state index in [1.165, 1.54) is 6.33 Å². The average Bonchev–Trinajstić information content (AvgIpc) is 3.11. The van der Waals surface area contributed by atoms with Gasteiger partial charge >= 0.3 is 6.03 Å². The molecule has 1 aliphatic heterocycles. The Hall–Kier alpha value is -2.07. The Bertz CT molecular complexity index is 476. The summed E-state index contributed by atoms with van der Waals surface area (Å²) >= 11 is 0. The van der Waals surface area contributed by atoms with Gasteiger partial charge < -0.3 is 15.0 Å². The van der Waals surface area contributed by atoms with Crippen molar-refractivity contribution in [3.63, 3.8) is 0 Å². The summed E-state index contributed by atoms with van der Waals surface area (Å²) in [5, 5.41) is 6.94. The van der Waals surface area contributed by atoms with Crippen LogP contribution in [0.4, 0.5) is 4.79 Å². The van der Waals surface area contributed by atoms with E-state index in [0.29, 0.717) is 13.1 Å². The van der Waals surface area contributed by atoms with Gasteiger partial charge in [0.25, 0.3) is 0 Å². The van der Waals surface area contributed by atoms with Crippen molar-refractivity contribution in [3.05, 3.63) is 12.7 Å². The summed E-state index contributed by atoms with van der Waals surface area (Å²) in [4.78, 5) is 17.8. The highest BCUT2D eigenvalue weighted by molar-refractivity contribution is 5.74. The molecule has 1 aromatic rings. The lowest BCUT2D eigenvalue weighted by molar-refractivity contribution is 0.0840. The molecule has 1 N–H and O–H groups in total. The van der Waals surface area contributed by atoms with Crippen LogP contribution in [0.1, 0.15) is 19.8 Å². The summed E-state index contributed by atoms with van der Waals surface area (Å²) in [6.07, 6.45) is 10.5. The van der Waals surface area contributed by atoms with Gasteiger partial charge in [0.1, 0.15) is 12.7 Å². The molecule has 7 heteroatoms. The Balaban J connectivity index is 1.83. The van der Waals surface area contributed by atoms with Crippen molar-refractivity contribution in [2.24, 2.45) is 0 Å². The van der Waals surface area contributed by atoms with E-state index >= 15 is 0 Å². The van der Waals surface area contributed by atoms with E-state index in [1.807, 2.05) is 6.92 Å². The minimum Gasteiger partial charge on any atom is -0.376 e. The molecule has 0 bridgehead atoms. The van der Waals surface area contributed by atoms with Gasteiger partial charge in [-0.3, -0.25) is 4.68 Å². The number of carbonyl (C=O) groups excluding carboxylic acids is 1. The molecule has 2 heterocycles. The molecule has 21 heavy (non-hydrogen) atoms. The zero-order valence-electron chi connectivity index (χ0n) is 12.2. The number of rotatable bonds is 6. The number of terminal acetylenes is 1. The van der Waals surface area contributed by atoms with E-state index in [1.54, 1.807) is 15.9 Å². The van der Waals surface area contributed by atoms with Gasteiger partial charge in [-0.25, -0.2) is 9.78 Å². The lowest BCUT2D eigenvalue weighted by Crippen LogP contribution is -2.47. The molecule has 1 aromatic heterocycles. The second-order valence-corrected chi connectivity index (χ2v) is 5.19. The third-order valence-electron chi connectivity index (χ3n) is 3.31. The number of hydrogen-bond acceptors (Lipinski definition) is 4. The fourth-order valence-corrected chi connectivity index (χ4v) is 2.32. The highest BCUT2D eigenvalue weighted by Gasteiger charge is 2.22. The second kappa shape index (κ2) is 7.64.